The van der Waals surface area contributed by atoms with Crippen LogP contribution in [0.15, 0.2) is 5.38 Å². The zero-order chi connectivity index (χ0) is 13.9. The zero-order valence-electron chi connectivity index (χ0n) is 12.8. The number of aryl methyl sites for hydroxylation is 1. The van der Waals surface area contributed by atoms with Crippen LogP contribution in [-0.4, -0.2) is 11.0 Å². The lowest BCUT2D eigenvalue weighted by Gasteiger charge is -2.34. The molecule has 2 nitrogen and oxygen atoms in total. The highest BCUT2D eigenvalue weighted by Gasteiger charge is 2.37. The summed E-state index contributed by atoms with van der Waals surface area (Å²) in [6, 6.07) is 0.516. The second kappa shape index (κ2) is 6.36. The van der Waals surface area contributed by atoms with Crippen molar-refractivity contribution in [1.29, 1.82) is 0 Å². The van der Waals surface area contributed by atoms with Gasteiger partial charge in [0.2, 0.25) is 0 Å². The Morgan fingerprint density at radius 2 is 2.21 bits per heavy atom. The third kappa shape index (κ3) is 3.57. The van der Waals surface area contributed by atoms with E-state index in [1.54, 1.807) is 0 Å². The second-order valence-electron chi connectivity index (χ2n) is 6.38. The highest BCUT2D eigenvalue weighted by atomic mass is 32.1. The first kappa shape index (κ1) is 15.0. The van der Waals surface area contributed by atoms with Gasteiger partial charge in [0, 0.05) is 17.1 Å². The molecule has 1 saturated carbocycles. The van der Waals surface area contributed by atoms with Crippen molar-refractivity contribution in [3.8, 4) is 0 Å². The van der Waals surface area contributed by atoms with E-state index < -0.39 is 0 Å². The van der Waals surface area contributed by atoms with Crippen molar-refractivity contribution in [2.75, 3.05) is 0 Å². The van der Waals surface area contributed by atoms with Crippen LogP contribution in [-0.2, 0) is 5.54 Å². The highest BCUT2D eigenvalue weighted by molar-refractivity contribution is 7.09. The molecule has 0 spiro atoms. The number of aromatic nitrogens is 1. The summed E-state index contributed by atoms with van der Waals surface area (Å²) in [5.74, 6) is 0.914. The summed E-state index contributed by atoms with van der Waals surface area (Å²) < 4.78 is 0. The molecule has 2 unspecified atom stereocenters. The fourth-order valence-electron chi connectivity index (χ4n) is 3.37. The van der Waals surface area contributed by atoms with Gasteiger partial charge in [-0.3, -0.25) is 0 Å². The molecule has 0 saturated heterocycles. The van der Waals surface area contributed by atoms with Gasteiger partial charge in [0.1, 0.15) is 5.01 Å². The van der Waals surface area contributed by atoms with Crippen LogP contribution in [0.25, 0.3) is 0 Å². The molecule has 1 fully saturated rings. The van der Waals surface area contributed by atoms with Crippen molar-refractivity contribution in [2.24, 2.45) is 5.92 Å². The van der Waals surface area contributed by atoms with Crippen LogP contribution in [0, 0.1) is 12.8 Å². The maximum Gasteiger partial charge on any atom is 0.113 e. The topological polar surface area (TPSA) is 24.9 Å². The van der Waals surface area contributed by atoms with E-state index in [1.807, 2.05) is 11.3 Å². The number of nitrogens with zero attached hydrogens (tertiary/aromatic N) is 1. The smallest absolute Gasteiger partial charge is 0.113 e. The summed E-state index contributed by atoms with van der Waals surface area (Å²) in [5.41, 5.74) is 1.30. The zero-order valence-corrected chi connectivity index (χ0v) is 13.6. The van der Waals surface area contributed by atoms with Crippen molar-refractivity contribution in [3.63, 3.8) is 0 Å². The Morgan fingerprint density at radius 3 is 2.79 bits per heavy atom. The van der Waals surface area contributed by atoms with E-state index >= 15 is 0 Å². The minimum atomic E-state index is 0.136. The largest absolute Gasteiger partial charge is 0.303 e. The van der Waals surface area contributed by atoms with Crippen LogP contribution < -0.4 is 5.32 Å². The van der Waals surface area contributed by atoms with Gasteiger partial charge in [-0.1, -0.05) is 26.2 Å². The van der Waals surface area contributed by atoms with Gasteiger partial charge >= 0.3 is 0 Å². The molecule has 2 rings (SSSR count). The third-order valence-corrected chi connectivity index (χ3v) is 5.53. The van der Waals surface area contributed by atoms with E-state index in [9.17, 15) is 0 Å². The molecule has 108 valence electrons. The van der Waals surface area contributed by atoms with E-state index in [0.29, 0.717) is 6.04 Å². The average molecular weight is 280 g/mol. The van der Waals surface area contributed by atoms with Crippen LogP contribution in [0.3, 0.4) is 0 Å². The Labute approximate surface area is 122 Å². The molecule has 1 heterocycles. The summed E-state index contributed by atoms with van der Waals surface area (Å²) in [4.78, 5) is 4.81. The summed E-state index contributed by atoms with van der Waals surface area (Å²) in [7, 11) is 0. The van der Waals surface area contributed by atoms with Crippen molar-refractivity contribution < 1.29 is 0 Å². The maximum absolute atomic E-state index is 4.81. The monoisotopic (exact) mass is 280 g/mol. The number of hydrogen-bond donors (Lipinski definition) is 1. The molecular formula is C16H28N2S. The second-order valence-corrected chi connectivity index (χ2v) is 7.24. The number of rotatable bonds is 4. The van der Waals surface area contributed by atoms with Crippen LogP contribution in [0.1, 0.15) is 70.0 Å². The van der Waals surface area contributed by atoms with E-state index in [2.05, 4.69) is 38.4 Å². The first-order valence-electron chi connectivity index (χ1n) is 7.76. The van der Waals surface area contributed by atoms with Gasteiger partial charge < -0.3 is 5.32 Å². The van der Waals surface area contributed by atoms with Crippen LogP contribution in [0.5, 0.6) is 0 Å². The number of nitrogens with one attached hydrogen (secondary N) is 1. The molecule has 0 bridgehead atoms. The van der Waals surface area contributed by atoms with Crippen molar-refractivity contribution >= 4 is 11.3 Å². The van der Waals surface area contributed by atoms with Gasteiger partial charge in [0.25, 0.3) is 0 Å². The number of thiazole rings is 1. The molecule has 1 aliphatic rings. The number of hydrogen-bond acceptors (Lipinski definition) is 3. The normalized spacial score (nSPS) is 28.6. The summed E-state index contributed by atoms with van der Waals surface area (Å²) >= 11 is 1.84. The molecule has 0 radical (unpaired) electrons. The quantitative estimate of drug-likeness (QED) is 0.813. The summed E-state index contributed by atoms with van der Waals surface area (Å²) in [6.07, 6.45) is 7.88. The van der Waals surface area contributed by atoms with E-state index in [4.69, 9.17) is 4.98 Å². The molecule has 1 aromatic heterocycles. The first-order chi connectivity index (χ1) is 9.05. The van der Waals surface area contributed by atoms with E-state index in [1.165, 1.54) is 49.2 Å². The lowest BCUT2D eigenvalue weighted by Crippen LogP contribution is -2.45. The molecule has 0 amide bonds. The molecule has 1 N–H and O–H groups in total. The fourth-order valence-corrected chi connectivity index (χ4v) is 4.39. The summed E-state index contributed by atoms with van der Waals surface area (Å²) in [5, 5.41) is 7.37. The molecule has 1 aliphatic carbocycles. The fraction of sp³-hybridized carbons (Fsp3) is 0.812. The van der Waals surface area contributed by atoms with Crippen molar-refractivity contribution in [2.45, 2.75) is 77.8 Å². The Bertz CT molecular complexity index is 399. The van der Waals surface area contributed by atoms with Crippen LogP contribution in [0.2, 0.25) is 0 Å². The lowest BCUT2D eigenvalue weighted by atomic mass is 9.89. The molecule has 0 aliphatic heterocycles. The maximum atomic E-state index is 4.81. The van der Waals surface area contributed by atoms with Crippen LogP contribution in [0.4, 0.5) is 0 Å². The van der Waals surface area contributed by atoms with Crippen LogP contribution >= 0.6 is 11.3 Å². The van der Waals surface area contributed by atoms with Gasteiger partial charge in [-0.05, 0) is 46.0 Å². The molecule has 2 atom stereocenters. The Kier molecular flexibility index (Phi) is 5.02. The van der Waals surface area contributed by atoms with E-state index in [-0.39, 0.29) is 5.54 Å². The van der Waals surface area contributed by atoms with Gasteiger partial charge in [0.15, 0.2) is 0 Å². The Morgan fingerprint density at radius 1 is 1.42 bits per heavy atom. The van der Waals surface area contributed by atoms with Gasteiger partial charge in [-0.15, -0.1) is 11.3 Å². The van der Waals surface area contributed by atoms with Gasteiger partial charge in [0.05, 0.1) is 5.54 Å². The van der Waals surface area contributed by atoms with Gasteiger partial charge in [-0.2, -0.15) is 0 Å². The molecule has 19 heavy (non-hydrogen) atoms. The van der Waals surface area contributed by atoms with E-state index in [0.717, 1.165) is 5.92 Å². The molecule has 1 aromatic rings. The minimum Gasteiger partial charge on any atom is -0.303 e. The standard InChI is InChI=1S/C16H28N2S/c1-5-14-7-6-9-16(10-8-14,18-12(2)3)15-17-13(4)11-19-15/h11-12,14,18H,5-10H2,1-4H3. The van der Waals surface area contributed by atoms with Crippen molar-refractivity contribution in [3.05, 3.63) is 16.1 Å². The predicted octanol–water partition coefficient (Wildman–Crippen LogP) is 4.64. The average Bonchev–Trinajstić information content (AvgIpc) is 2.69. The lowest BCUT2D eigenvalue weighted by molar-refractivity contribution is 0.262. The minimum absolute atomic E-state index is 0.136. The molecular weight excluding hydrogens is 252 g/mol. The van der Waals surface area contributed by atoms with Gasteiger partial charge in [-0.25, -0.2) is 4.98 Å². The summed E-state index contributed by atoms with van der Waals surface area (Å²) in [6.45, 7) is 8.95. The first-order valence-corrected chi connectivity index (χ1v) is 8.64. The Hall–Kier alpha value is -0.410. The SMILES string of the molecule is CCC1CCCC(NC(C)C)(c2nc(C)cs2)CC1. The third-order valence-electron chi connectivity index (χ3n) is 4.37. The van der Waals surface area contributed by atoms with Crippen molar-refractivity contribution in [1.82, 2.24) is 10.3 Å². The molecule has 3 heteroatoms. The highest BCUT2D eigenvalue weighted by Crippen LogP contribution is 2.40. The Balaban J connectivity index is 2.24. The predicted molar refractivity (Wildman–Crippen MR) is 83.7 cm³/mol. The molecule has 0 aromatic carbocycles.